The van der Waals surface area contributed by atoms with Crippen molar-refractivity contribution in [3.8, 4) is 0 Å². The molecule has 2 nitrogen and oxygen atoms in total. The molecule has 1 N–H and O–H groups in total. The third kappa shape index (κ3) is 4.23. The predicted molar refractivity (Wildman–Crippen MR) is 63.6 cm³/mol. The second-order valence-corrected chi connectivity index (χ2v) is 5.74. The standard InChI is InChI=1S/C13H25NO/c1-9(2)7-11-5-6-12(8-10(3)4)14-13(11)15/h9-12H,5-8H2,1-4H3,(H,14,15)/t11-,12+/m0/s1. The fourth-order valence-electron chi connectivity index (χ4n) is 2.46. The topological polar surface area (TPSA) is 29.1 Å². The van der Waals surface area contributed by atoms with Crippen LogP contribution >= 0.6 is 0 Å². The number of hydrogen-bond donors (Lipinski definition) is 1. The molecule has 15 heavy (non-hydrogen) atoms. The van der Waals surface area contributed by atoms with Crippen molar-refractivity contribution in [1.82, 2.24) is 5.32 Å². The summed E-state index contributed by atoms with van der Waals surface area (Å²) in [6.45, 7) is 8.81. The van der Waals surface area contributed by atoms with E-state index in [1.807, 2.05) is 0 Å². The fourth-order valence-corrected chi connectivity index (χ4v) is 2.46. The summed E-state index contributed by atoms with van der Waals surface area (Å²) in [5.74, 6) is 1.87. The lowest BCUT2D eigenvalue weighted by Crippen LogP contribution is -2.44. The van der Waals surface area contributed by atoms with Gasteiger partial charge in [-0.2, -0.15) is 0 Å². The summed E-state index contributed by atoms with van der Waals surface area (Å²) in [5, 5.41) is 3.16. The molecule has 0 spiro atoms. The second kappa shape index (κ2) is 5.53. The van der Waals surface area contributed by atoms with Crippen LogP contribution in [0, 0.1) is 17.8 Å². The Bertz CT molecular complexity index is 211. The average Bonchev–Trinajstić information content (AvgIpc) is 2.08. The van der Waals surface area contributed by atoms with E-state index in [0.717, 1.165) is 19.3 Å². The van der Waals surface area contributed by atoms with E-state index < -0.39 is 0 Å². The third-order valence-electron chi connectivity index (χ3n) is 3.09. The van der Waals surface area contributed by atoms with Gasteiger partial charge in [0.1, 0.15) is 0 Å². The maximum atomic E-state index is 11.8. The Morgan fingerprint density at radius 1 is 1.13 bits per heavy atom. The van der Waals surface area contributed by atoms with Gasteiger partial charge in [0.05, 0.1) is 0 Å². The van der Waals surface area contributed by atoms with Crippen molar-refractivity contribution in [3.63, 3.8) is 0 Å². The molecule has 0 aliphatic carbocycles. The van der Waals surface area contributed by atoms with Crippen LogP contribution in [0.15, 0.2) is 0 Å². The van der Waals surface area contributed by atoms with Crippen LogP contribution in [0.1, 0.15) is 53.4 Å². The quantitative estimate of drug-likeness (QED) is 0.761. The van der Waals surface area contributed by atoms with Crippen molar-refractivity contribution in [1.29, 1.82) is 0 Å². The molecule has 2 atom stereocenters. The largest absolute Gasteiger partial charge is 0.353 e. The van der Waals surface area contributed by atoms with Crippen molar-refractivity contribution in [2.24, 2.45) is 17.8 Å². The van der Waals surface area contributed by atoms with Crippen molar-refractivity contribution < 1.29 is 4.79 Å². The molecule has 88 valence electrons. The number of amides is 1. The van der Waals surface area contributed by atoms with Gasteiger partial charge < -0.3 is 5.32 Å². The first-order valence-electron chi connectivity index (χ1n) is 6.29. The zero-order valence-corrected chi connectivity index (χ0v) is 10.5. The van der Waals surface area contributed by atoms with E-state index in [1.54, 1.807) is 0 Å². The van der Waals surface area contributed by atoms with E-state index in [9.17, 15) is 4.79 Å². The minimum atomic E-state index is 0.272. The number of carbonyl (C=O) groups excluding carboxylic acids is 1. The summed E-state index contributed by atoms with van der Waals surface area (Å²) in [6.07, 6.45) is 4.42. The Morgan fingerprint density at radius 2 is 1.73 bits per heavy atom. The minimum absolute atomic E-state index is 0.272. The molecule has 0 aromatic carbocycles. The number of piperidine rings is 1. The molecule has 0 aromatic heterocycles. The van der Waals surface area contributed by atoms with Gasteiger partial charge in [0.15, 0.2) is 0 Å². The Kier molecular flexibility index (Phi) is 4.62. The second-order valence-electron chi connectivity index (χ2n) is 5.74. The molecule has 0 bridgehead atoms. The van der Waals surface area contributed by atoms with Gasteiger partial charge >= 0.3 is 0 Å². The summed E-state index contributed by atoms with van der Waals surface area (Å²) in [6, 6.07) is 0.431. The first-order valence-corrected chi connectivity index (χ1v) is 6.29. The lowest BCUT2D eigenvalue weighted by molar-refractivity contribution is -0.128. The molecule has 0 saturated carbocycles. The van der Waals surface area contributed by atoms with E-state index >= 15 is 0 Å². The maximum Gasteiger partial charge on any atom is 0.223 e. The fraction of sp³-hybridized carbons (Fsp3) is 0.923. The lowest BCUT2D eigenvalue weighted by Gasteiger charge is -2.30. The number of rotatable bonds is 4. The van der Waals surface area contributed by atoms with Crippen LogP contribution in [0.3, 0.4) is 0 Å². The third-order valence-corrected chi connectivity index (χ3v) is 3.09. The van der Waals surface area contributed by atoms with Crippen LogP contribution < -0.4 is 5.32 Å². The van der Waals surface area contributed by atoms with Gasteiger partial charge in [-0.15, -0.1) is 0 Å². The predicted octanol–water partition coefficient (Wildman–Crippen LogP) is 2.97. The van der Waals surface area contributed by atoms with E-state index in [2.05, 4.69) is 33.0 Å². The Hall–Kier alpha value is -0.530. The Labute approximate surface area is 93.8 Å². The van der Waals surface area contributed by atoms with Crippen molar-refractivity contribution in [2.45, 2.75) is 59.4 Å². The van der Waals surface area contributed by atoms with Crippen LogP contribution in [0.25, 0.3) is 0 Å². The van der Waals surface area contributed by atoms with Gasteiger partial charge in [-0.3, -0.25) is 4.79 Å². The van der Waals surface area contributed by atoms with Crippen molar-refractivity contribution in [2.75, 3.05) is 0 Å². The molecular weight excluding hydrogens is 186 g/mol. The summed E-state index contributed by atoms with van der Waals surface area (Å²) in [4.78, 5) is 11.8. The summed E-state index contributed by atoms with van der Waals surface area (Å²) in [7, 11) is 0. The summed E-state index contributed by atoms with van der Waals surface area (Å²) < 4.78 is 0. The molecule has 1 saturated heterocycles. The molecule has 1 fully saturated rings. The highest BCUT2D eigenvalue weighted by molar-refractivity contribution is 5.79. The van der Waals surface area contributed by atoms with Gasteiger partial charge in [-0.05, 0) is 37.5 Å². The van der Waals surface area contributed by atoms with E-state index in [1.165, 1.54) is 6.42 Å². The molecule has 1 rings (SSSR count). The van der Waals surface area contributed by atoms with Gasteiger partial charge in [0, 0.05) is 12.0 Å². The van der Waals surface area contributed by atoms with Crippen molar-refractivity contribution >= 4 is 5.91 Å². The van der Waals surface area contributed by atoms with Gasteiger partial charge in [-0.1, -0.05) is 27.7 Å². The smallest absolute Gasteiger partial charge is 0.223 e. The van der Waals surface area contributed by atoms with Crippen LogP contribution in [-0.2, 0) is 4.79 Å². The monoisotopic (exact) mass is 211 g/mol. The van der Waals surface area contributed by atoms with E-state index in [-0.39, 0.29) is 5.92 Å². The van der Waals surface area contributed by atoms with Crippen LogP contribution in [0.2, 0.25) is 0 Å². The number of carbonyl (C=O) groups is 1. The van der Waals surface area contributed by atoms with Gasteiger partial charge in [-0.25, -0.2) is 0 Å². The SMILES string of the molecule is CC(C)C[C@H]1CC[C@@H](CC(C)C)C(=O)N1. The zero-order chi connectivity index (χ0) is 11.4. The molecule has 0 radical (unpaired) electrons. The van der Waals surface area contributed by atoms with Crippen LogP contribution in [0.5, 0.6) is 0 Å². The average molecular weight is 211 g/mol. The number of nitrogens with one attached hydrogen (secondary N) is 1. The molecule has 0 aromatic rings. The first-order chi connectivity index (χ1) is 6.99. The van der Waals surface area contributed by atoms with E-state index in [0.29, 0.717) is 23.8 Å². The molecule has 1 aliphatic rings. The van der Waals surface area contributed by atoms with Gasteiger partial charge in [0.2, 0.25) is 5.91 Å². The molecule has 1 aliphatic heterocycles. The highest BCUT2D eigenvalue weighted by Crippen LogP contribution is 2.24. The molecule has 1 heterocycles. The van der Waals surface area contributed by atoms with Crippen LogP contribution in [-0.4, -0.2) is 11.9 Å². The molecule has 2 heteroatoms. The highest BCUT2D eigenvalue weighted by atomic mass is 16.2. The molecular formula is C13H25NO. The van der Waals surface area contributed by atoms with Crippen LogP contribution in [0.4, 0.5) is 0 Å². The first kappa shape index (κ1) is 12.5. The minimum Gasteiger partial charge on any atom is -0.353 e. The number of hydrogen-bond acceptors (Lipinski definition) is 1. The molecule has 0 unspecified atom stereocenters. The highest BCUT2D eigenvalue weighted by Gasteiger charge is 2.28. The Morgan fingerprint density at radius 3 is 2.20 bits per heavy atom. The molecule has 1 amide bonds. The maximum absolute atomic E-state index is 11.8. The van der Waals surface area contributed by atoms with Crippen molar-refractivity contribution in [3.05, 3.63) is 0 Å². The van der Waals surface area contributed by atoms with E-state index in [4.69, 9.17) is 0 Å². The summed E-state index contributed by atoms with van der Waals surface area (Å²) >= 11 is 0. The van der Waals surface area contributed by atoms with Gasteiger partial charge in [0.25, 0.3) is 0 Å². The normalized spacial score (nSPS) is 27.2. The Balaban J connectivity index is 2.37. The lowest BCUT2D eigenvalue weighted by atomic mass is 9.85. The zero-order valence-electron chi connectivity index (χ0n) is 10.5. The summed E-state index contributed by atoms with van der Waals surface area (Å²) in [5.41, 5.74) is 0.